The predicted octanol–water partition coefficient (Wildman–Crippen LogP) is 5.00. The topological polar surface area (TPSA) is 54.0 Å². The molecule has 2 aromatic carbocycles. The Morgan fingerprint density at radius 2 is 1.56 bits per heavy atom. The first-order valence-electron chi connectivity index (χ1n) is 8.20. The second-order valence-corrected chi connectivity index (χ2v) is 6.15. The maximum absolute atomic E-state index is 12.2. The molecule has 25 heavy (non-hydrogen) atoms. The Kier molecular flexibility index (Phi) is 4.80. The van der Waals surface area contributed by atoms with Crippen molar-refractivity contribution < 1.29 is 4.79 Å². The third-order valence-electron chi connectivity index (χ3n) is 3.97. The normalized spacial score (nSPS) is 10.4. The number of pyridine rings is 1. The Labute approximate surface area is 147 Å². The number of amides is 1. The molecular formula is C21H21N3O. The molecule has 0 saturated heterocycles. The minimum atomic E-state index is -0.222. The van der Waals surface area contributed by atoms with Crippen molar-refractivity contribution >= 4 is 23.0 Å². The highest BCUT2D eigenvalue weighted by Gasteiger charge is 2.09. The zero-order valence-electron chi connectivity index (χ0n) is 14.6. The van der Waals surface area contributed by atoms with Gasteiger partial charge in [0.15, 0.2) is 0 Å². The van der Waals surface area contributed by atoms with Crippen molar-refractivity contribution in [3.8, 4) is 0 Å². The fourth-order valence-corrected chi connectivity index (χ4v) is 2.84. The van der Waals surface area contributed by atoms with Crippen LogP contribution in [0.4, 0.5) is 17.1 Å². The van der Waals surface area contributed by atoms with E-state index >= 15 is 0 Å². The second kappa shape index (κ2) is 7.18. The lowest BCUT2D eigenvalue weighted by Crippen LogP contribution is -2.13. The minimum absolute atomic E-state index is 0.222. The van der Waals surface area contributed by atoms with Gasteiger partial charge in [0.25, 0.3) is 5.91 Å². The Balaban J connectivity index is 1.73. The number of nitrogens with one attached hydrogen (secondary N) is 2. The minimum Gasteiger partial charge on any atom is -0.354 e. The summed E-state index contributed by atoms with van der Waals surface area (Å²) in [7, 11) is 0. The molecule has 4 nitrogen and oxygen atoms in total. The Hall–Kier alpha value is -3.14. The molecule has 2 N–H and O–H groups in total. The van der Waals surface area contributed by atoms with Gasteiger partial charge in [-0.15, -0.1) is 0 Å². The first kappa shape index (κ1) is 16.7. The molecule has 4 heteroatoms. The van der Waals surface area contributed by atoms with Crippen LogP contribution < -0.4 is 10.6 Å². The molecule has 1 heterocycles. The van der Waals surface area contributed by atoms with Gasteiger partial charge >= 0.3 is 0 Å². The SMILES string of the molecule is Cc1cc(C)c(Nc2ccc(C(=O)Nc3ccccc3)nc2)c(C)c1. The lowest BCUT2D eigenvalue weighted by atomic mass is 10.0. The standard InChI is InChI=1S/C21H21N3O/c1-14-11-15(2)20(16(3)12-14)23-18-9-10-19(22-13-18)21(25)24-17-7-5-4-6-8-17/h4-13,23H,1-3H3,(H,24,25). The van der Waals surface area contributed by atoms with E-state index in [1.54, 1.807) is 12.3 Å². The van der Waals surface area contributed by atoms with Crippen LogP contribution in [-0.2, 0) is 0 Å². The van der Waals surface area contributed by atoms with Gasteiger partial charge in [-0.3, -0.25) is 4.79 Å². The summed E-state index contributed by atoms with van der Waals surface area (Å²) in [5.74, 6) is -0.222. The molecule has 0 saturated carbocycles. The number of rotatable bonds is 4. The lowest BCUT2D eigenvalue weighted by Gasteiger charge is -2.14. The van der Waals surface area contributed by atoms with Crippen molar-refractivity contribution in [2.24, 2.45) is 0 Å². The molecule has 0 fully saturated rings. The van der Waals surface area contributed by atoms with Crippen LogP contribution in [0, 0.1) is 20.8 Å². The summed E-state index contributed by atoms with van der Waals surface area (Å²) < 4.78 is 0. The Morgan fingerprint density at radius 1 is 0.880 bits per heavy atom. The number of aryl methyl sites for hydroxylation is 3. The molecule has 0 aliphatic heterocycles. The first-order valence-corrected chi connectivity index (χ1v) is 8.20. The van der Waals surface area contributed by atoms with Gasteiger partial charge < -0.3 is 10.6 Å². The van der Waals surface area contributed by atoms with E-state index in [2.05, 4.69) is 48.5 Å². The molecule has 126 valence electrons. The Morgan fingerprint density at radius 3 is 2.16 bits per heavy atom. The van der Waals surface area contributed by atoms with Crippen LogP contribution in [0.2, 0.25) is 0 Å². The number of hydrogen-bond acceptors (Lipinski definition) is 3. The summed E-state index contributed by atoms with van der Waals surface area (Å²) >= 11 is 0. The maximum Gasteiger partial charge on any atom is 0.274 e. The van der Waals surface area contributed by atoms with E-state index in [0.29, 0.717) is 5.69 Å². The summed E-state index contributed by atoms with van der Waals surface area (Å²) in [6.07, 6.45) is 1.68. The van der Waals surface area contributed by atoms with Gasteiger partial charge in [-0.25, -0.2) is 4.98 Å². The van der Waals surface area contributed by atoms with Crippen molar-refractivity contribution in [1.82, 2.24) is 4.98 Å². The van der Waals surface area contributed by atoms with Crippen LogP contribution >= 0.6 is 0 Å². The van der Waals surface area contributed by atoms with Crippen molar-refractivity contribution in [2.45, 2.75) is 20.8 Å². The highest BCUT2D eigenvalue weighted by atomic mass is 16.1. The first-order chi connectivity index (χ1) is 12.0. The third-order valence-corrected chi connectivity index (χ3v) is 3.97. The van der Waals surface area contributed by atoms with E-state index in [-0.39, 0.29) is 5.91 Å². The van der Waals surface area contributed by atoms with Crippen LogP contribution in [0.25, 0.3) is 0 Å². The van der Waals surface area contributed by atoms with E-state index < -0.39 is 0 Å². The van der Waals surface area contributed by atoms with E-state index in [0.717, 1.165) is 17.1 Å². The lowest BCUT2D eigenvalue weighted by molar-refractivity contribution is 0.102. The predicted molar refractivity (Wildman–Crippen MR) is 103 cm³/mol. The van der Waals surface area contributed by atoms with E-state index in [1.165, 1.54) is 16.7 Å². The van der Waals surface area contributed by atoms with E-state index in [4.69, 9.17) is 0 Å². The summed E-state index contributed by atoms with van der Waals surface area (Å²) in [5.41, 5.74) is 6.67. The summed E-state index contributed by atoms with van der Waals surface area (Å²) in [6.45, 7) is 6.25. The third kappa shape index (κ3) is 4.04. The molecule has 1 aromatic heterocycles. The van der Waals surface area contributed by atoms with Crippen molar-refractivity contribution in [1.29, 1.82) is 0 Å². The second-order valence-electron chi connectivity index (χ2n) is 6.15. The number of carbonyl (C=O) groups excluding carboxylic acids is 1. The van der Waals surface area contributed by atoms with Gasteiger partial charge in [-0.1, -0.05) is 35.9 Å². The monoisotopic (exact) mass is 331 g/mol. The van der Waals surface area contributed by atoms with E-state index in [1.807, 2.05) is 36.4 Å². The largest absolute Gasteiger partial charge is 0.354 e. The molecule has 0 aliphatic rings. The fraction of sp³-hybridized carbons (Fsp3) is 0.143. The number of aromatic nitrogens is 1. The van der Waals surface area contributed by atoms with Gasteiger partial charge in [0.05, 0.1) is 11.9 Å². The van der Waals surface area contributed by atoms with Gasteiger partial charge in [-0.05, 0) is 56.2 Å². The number of para-hydroxylation sites is 1. The van der Waals surface area contributed by atoms with Crippen molar-refractivity contribution in [2.75, 3.05) is 10.6 Å². The number of carbonyl (C=O) groups is 1. The van der Waals surface area contributed by atoms with Gasteiger partial charge in [-0.2, -0.15) is 0 Å². The van der Waals surface area contributed by atoms with Gasteiger partial charge in [0, 0.05) is 11.4 Å². The van der Waals surface area contributed by atoms with Crippen molar-refractivity contribution in [3.63, 3.8) is 0 Å². The molecule has 0 atom stereocenters. The van der Waals surface area contributed by atoms with Crippen LogP contribution in [-0.4, -0.2) is 10.9 Å². The van der Waals surface area contributed by atoms with E-state index in [9.17, 15) is 4.79 Å². The van der Waals surface area contributed by atoms with Crippen LogP contribution in [0.1, 0.15) is 27.2 Å². The molecule has 1 amide bonds. The summed E-state index contributed by atoms with van der Waals surface area (Å²) in [6, 6.07) is 17.2. The fourth-order valence-electron chi connectivity index (χ4n) is 2.84. The average molecular weight is 331 g/mol. The van der Waals surface area contributed by atoms with Crippen molar-refractivity contribution in [3.05, 3.63) is 83.2 Å². The molecule has 0 aliphatic carbocycles. The van der Waals surface area contributed by atoms with Crippen LogP contribution in [0.3, 0.4) is 0 Å². The van der Waals surface area contributed by atoms with Gasteiger partial charge in [0.1, 0.15) is 5.69 Å². The molecule has 3 aromatic rings. The molecule has 0 unspecified atom stereocenters. The number of benzene rings is 2. The smallest absolute Gasteiger partial charge is 0.274 e. The zero-order chi connectivity index (χ0) is 17.8. The summed E-state index contributed by atoms with van der Waals surface area (Å²) in [4.78, 5) is 16.5. The molecule has 0 spiro atoms. The van der Waals surface area contributed by atoms with Crippen LogP contribution in [0.5, 0.6) is 0 Å². The van der Waals surface area contributed by atoms with Crippen LogP contribution in [0.15, 0.2) is 60.8 Å². The van der Waals surface area contributed by atoms with Gasteiger partial charge in [0.2, 0.25) is 0 Å². The highest BCUT2D eigenvalue weighted by Crippen LogP contribution is 2.25. The average Bonchev–Trinajstić information content (AvgIpc) is 2.59. The molecule has 0 bridgehead atoms. The molecule has 0 radical (unpaired) electrons. The number of anilines is 3. The molecular weight excluding hydrogens is 310 g/mol. The Bertz CT molecular complexity index is 864. The highest BCUT2D eigenvalue weighted by molar-refractivity contribution is 6.02. The molecule has 3 rings (SSSR count). The number of nitrogens with zero attached hydrogens (tertiary/aromatic N) is 1. The quantitative estimate of drug-likeness (QED) is 0.707. The maximum atomic E-state index is 12.2. The zero-order valence-corrected chi connectivity index (χ0v) is 14.6. The number of hydrogen-bond donors (Lipinski definition) is 2. The summed E-state index contributed by atoms with van der Waals surface area (Å²) in [5, 5.41) is 6.22.